The second-order valence-electron chi connectivity index (χ2n) is 6.45. The fourth-order valence-corrected chi connectivity index (χ4v) is 3.62. The van der Waals surface area contributed by atoms with Gasteiger partial charge in [-0.15, -0.1) is 0 Å². The summed E-state index contributed by atoms with van der Waals surface area (Å²) in [5.41, 5.74) is 0.0577. The molecule has 0 spiro atoms. The number of nitro benzene ring substituents is 1. The summed E-state index contributed by atoms with van der Waals surface area (Å²) in [4.78, 5) is 39.1. The van der Waals surface area contributed by atoms with Gasteiger partial charge in [-0.1, -0.05) is 11.6 Å². The predicted octanol–water partition coefficient (Wildman–Crippen LogP) is 1.96. The molecule has 1 atom stereocenters. The first-order valence-corrected chi connectivity index (χ1v) is 8.95. The zero-order valence-corrected chi connectivity index (χ0v) is 15.0. The Morgan fingerprint density at radius 3 is 2.58 bits per heavy atom. The van der Waals surface area contributed by atoms with Gasteiger partial charge in [-0.05, 0) is 18.9 Å². The smallest absolute Gasteiger partial charge is 0.270 e. The number of hydrogen-bond acceptors (Lipinski definition) is 5. The first kappa shape index (κ1) is 18.6. The monoisotopic (exact) mass is 381 g/mol. The molecule has 2 fully saturated rings. The first-order chi connectivity index (χ1) is 12.5. The number of ether oxygens (including phenoxy) is 1. The summed E-state index contributed by atoms with van der Waals surface area (Å²) >= 11 is 6.07. The molecule has 140 valence electrons. The van der Waals surface area contributed by atoms with Crippen LogP contribution in [0, 0.1) is 16.0 Å². The molecule has 0 saturated carbocycles. The summed E-state index contributed by atoms with van der Waals surface area (Å²) in [5.74, 6) is -0.479. The van der Waals surface area contributed by atoms with Crippen LogP contribution in [-0.4, -0.2) is 65.9 Å². The SMILES string of the molecule is O=C(c1ccc([N+](=O)[O-])cc1Cl)N1CCCC(C(=O)N2CCOCC2)C1. The lowest BCUT2D eigenvalue weighted by Crippen LogP contribution is -2.49. The molecule has 0 aromatic heterocycles. The van der Waals surface area contributed by atoms with E-state index in [1.165, 1.54) is 18.2 Å². The predicted molar refractivity (Wildman–Crippen MR) is 94.1 cm³/mol. The molecule has 0 bridgehead atoms. The van der Waals surface area contributed by atoms with Crippen molar-refractivity contribution in [1.82, 2.24) is 9.80 Å². The van der Waals surface area contributed by atoms with Gasteiger partial charge in [-0.2, -0.15) is 0 Å². The molecule has 1 unspecified atom stereocenters. The largest absolute Gasteiger partial charge is 0.378 e. The topological polar surface area (TPSA) is 93.0 Å². The Kier molecular flexibility index (Phi) is 5.73. The Balaban J connectivity index is 1.70. The molecule has 8 nitrogen and oxygen atoms in total. The van der Waals surface area contributed by atoms with E-state index in [2.05, 4.69) is 0 Å². The summed E-state index contributed by atoms with van der Waals surface area (Å²) in [6.45, 7) is 3.12. The van der Waals surface area contributed by atoms with E-state index in [9.17, 15) is 19.7 Å². The Bertz CT molecular complexity index is 720. The number of benzene rings is 1. The molecule has 3 rings (SSSR count). The minimum absolute atomic E-state index is 0.0471. The highest BCUT2D eigenvalue weighted by molar-refractivity contribution is 6.34. The van der Waals surface area contributed by atoms with Crippen LogP contribution in [0.2, 0.25) is 5.02 Å². The van der Waals surface area contributed by atoms with Gasteiger partial charge >= 0.3 is 0 Å². The molecule has 2 heterocycles. The summed E-state index contributed by atoms with van der Waals surface area (Å²) < 4.78 is 5.27. The average Bonchev–Trinajstić information content (AvgIpc) is 2.67. The summed E-state index contributed by atoms with van der Waals surface area (Å²) in [6, 6.07) is 3.81. The van der Waals surface area contributed by atoms with Gasteiger partial charge < -0.3 is 14.5 Å². The van der Waals surface area contributed by atoms with Crippen molar-refractivity contribution in [3.05, 3.63) is 38.9 Å². The Morgan fingerprint density at radius 1 is 1.19 bits per heavy atom. The third-order valence-corrected chi connectivity index (χ3v) is 5.09. The fraction of sp³-hybridized carbons (Fsp3) is 0.529. The molecule has 2 amide bonds. The number of halogens is 1. The number of nitrogens with zero attached hydrogens (tertiary/aromatic N) is 3. The van der Waals surface area contributed by atoms with Crippen molar-refractivity contribution in [2.24, 2.45) is 5.92 Å². The van der Waals surface area contributed by atoms with E-state index in [0.717, 1.165) is 12.8 Å². The van der Waals surface area contributed by atoms with Gasteiger partial charge in [0.05, 0.1) is 34.6 Å². The normalized spacial score (nSPS) is 20.7. The van der Waals surface area contributed by atoms with Gasteiger partial charge in [-0.25, -0.2) is 0 Å². The summed E-state index contributed by atoms with van der Waals surface area (Å²) in [6.07, 6.45) is 1.48. The van der Waals surface area contributed by atoms with Crippen LogP contribution in [0.25, 0.3) is 0 Å². The number of morpholine rings is 1. The zero-order chi connectivity index (χ0) is 18.7. The average molecular weight is 382 g/mol. The van der Waals surface area contributed by atoms with Gasteiger partial charge in [0.1, 0.15) is 0 Å². The molecule has 0 N–H and O–H groups in total. The Labute approximate surface area is 155 Å². The highest BCUT2D eigenvalue weighted by Gasteiger charge is 2.32. The van der Waals surface area contributed by atoms with Gasteiger partial charge in [-0.3, -0.25) is 19.7 Å². The van der Waals surface area contributed by atoms with Crippen molar-refractivity contribution in [3.8, 4) is 0 Å². The zero-order valence-electron chi connectivity index (χ0n) is 14.2. The van der Waals surface area contributed by atoms with E-state index in [0.29, 0.717) is 39.4 Å². The highest BCUT2D eigenvalue weighted by Crippen LogP contribution is 2.26. The second-order valence-corrected chi connectivity index (χ2v) is 6.86. The van der Waals surface area contributed by atoms with Crippen LogP contribution in [0.4, 0.5) is 5.69 Å². The quantitative estimate of drug-likeness (QED) is 0.589. The van der Waals surface area contributed by atoms with Crippen LogP contribution in [0.3, 0.4) is 0 Å². The first-order valence-electron chi connectivity index (χ1n) is 8.57. The van der Waals surface area contributed by atoms with E-state index in [4.69, 9.17) is 16.3 Å². The number of rotatable bonds is 3. The van der Waals surface area contributed by atoms with Crippen molar-refractivity contribution in [2.75, 3.05) is 39.4 Å². The Morgan fingerprint density at radius 2 is 1.92 bits per heavy atom. The third-order valence-electron chi connectivity index (χ3n) is 4.77. The maximum absolute atomic E-state index is 12.8. The maximum atomic E-state index is 12.8. The van der Waals surface area contributed by atoms with Crippen LogP contribution in [-0.2, 0) is 9.53 Å². The fourth-order valence-electron chi connectivity index (χ4n) is 3.37. The van der Waals surface area contributed by atoms with E-state index in [1.807, 2.05) is 0 Å². The molecule has 0 radical (unpaired) electrons. The van der Waals surface area contributed by atoms with Crippen molar-refractivity contribution >= 4 is 29.1 Å². The molecule has 1 aromatic rings. The standard InChI is InChI=1S/C17H20ClN3O5/c18-15-10-13(21(24)25)3-4-14(15)17(23)20-5-1-2-12(11-20)16(22)19-6-8-26-9-7-19/h3-4,10,12H,1-2,5-9,11H2. The highest BCUT2D eigenvalue weighted by atomic mass is 35.5. The van der Waals surface area contributed by atoms with Crippen molar-refractivity contribution < 1.29 is 19.2 Å². The third kappa shape index (κ3) is 3.96. The number of non-ortho nitro benzene ring substituents is 1. The number of nitro groups is 1. The molecule has 2 aliphatic rings. The molecule has 2 aliphatic heterocycles. The number of hydrogen-bond donors (Lipinski definition) is 0. The number of likely N-dealkylation sites (tertiary alicyclic amines) is 1. The lowest BCUT2D eigenvalue weighted by atomic mass is 9.95. The van der Waals surface area contributed by atoms with Crippen molar-refractivity contribution in [3.63, 3.8) is 0 Å². The van der Waals surface area contributed by atoms with Crippen LogP contribution >= 0.6 is 11.6 Å². The lowest BCUT2D eigenvalue weighted by molar-refractivity contribution is -0.384. The van der Waals surface area contributed by atoms with Crippen LogP contribution in [0.1, 0.15) is 23.2 Å². The second kappa shape index (κ2) is 8.01. The molecular weight excluding hydrogens is 362 g/mol. The Hall–Kier alpha value is -2.19. The molecule has 9 heteroatoms. The van der Waals surface area contributed by atoms with Crippen molar-refractivity contribution in [2.45, 2.75) is 12.8 Å². The number of amides is 2. The number of carbonyl (C=O) groups excluding carboxylic acids is 2. The summed E-state index contributed by atoms with van der Waals surface area (Å²) in [5, 5.41) is 10.9. The number of carbonyl (C=O) groups is 2. The molecular formula is C17H20ClN3O5. The minimum Gasteiger partial charge on any atom is -0.378 e. The van der Waals surface area contributed by atoms with E-state index in [1.54, 1.807) is 9.80 Å². The van der Waals surface area contributed by atoms with Crippen LogP contribution in [0.5, 0.6) is 0 Å². The van der Waals surface area contributed by atoms with E-state index in [-0.39, 0.29) is 34.0 Å². The van der Waals surface area contributed by atoms with Crippen molar-refractivity contribution in [1.29, 1.82) is 0 Å². The van der Waals surface area contributed by atoms with Crippen LogP contribution in [0.15, 0.2) is 18.2 Å². The minimum atomic E-state index is -0.557. The van der Waals surface area contributed by atoms with E-state index >= 15 is 0 Å². The lowest BCUT2D eigenvalue weighted by Gasteiger charge is -2.36. The maximum Gasteiger partial charge on any atom is 0.270 e. The van der Waals surface area contributed by atoms with E-state index < -0.39 is 4.92 Å². The molecule has 2 saturated heterocycles. The molecule has 1 aromatic carbocycles. The summed E-state index contributed by atoms with van der Waals surface area (Å²) in [7, 11) is 0. The van der Waals surface area contributed by atoms with Crippen LogP contribution < -0.4 is 0 Å². The van der Waals surface area contributed by atoms with Gasteiger partial charge in [0.2, 0.25) is 5.91 Å². The number of piperidine rings is 1. The molecule has 26 heavy (non-hydrogen) atoms. The molecule has 0 aliphatic carbocycles. The van der Waals surface area contributed by atoms with Gasteiger partial charge in [0, 0.05) is 38.3 Å². The van der Waals surface area contributed by atoms with Gasteiger partial charge in [0.25, 0.3) is 11.6 Å². The van der Waals surface area contributed by atoms with Gasteiger partial charge in [0.15, 0.2) is 0 Å².